The van der Waals surface area contributed by atoms with Gasteiger partial charge in [0.25, 0.3) is 0 Å². The maximum absolute atomic E-state index is 10.9. The van der Waals surface area contributed by atoms with Crippen LogP contribution >= 0.6 is 0 Å². The molecule has 0 saturated heterocycles. The fraction of sp³-hybridized carbons (Fsp3) is 0.200. The molecule has 0 spiro atoms. The van der Waals surface area contributed by atoms with E-state index in [0.29, 0.717) is 17.8 Å². The molecule has 2 N–H and O–H groups in total. The zero-order valence-electron chi connectivity index (χ0n) is 7.92. The smallest absolute Gasteiger partial charge is 0.337 e. The number of aromatic carboxylic acids is 1. The van der Waals surface area contributed by atoms with Crippen molar-refractivity contribution in [2.24, 2.45) is 0 Å². The molecule has 2 heterocycles. The lowest BCUT2D eigenvalue weighted by Gasteiger charge is -2.01. The second-order valence-electron chi connectivity index (χ2n) is 3.13. The van der Waals surface area contributed by atoms with Gasteiger partial charge >= 0.3 is 5.97 Å². The van der Waals surface area contributed by atoms with Crippen LogP contribution in [0.25, 0.3) is 5.52 Å². The summed E-state index contributed by atoms with van der Waals surface area (Å²) >= 11 is 0. The quantitative estimate of drug-likeness (QED) is 0.769. The Bertz CT molecular complexity index is 504. The molecule has 78 valence electrons. The molecule has 0 atom stereocenters. The highest BCUT2D eigenvalue weighted by Gasteiger charge is 2.11. The summed E-state index contributed by atoms with van der Waals surface area (Å²) in [7, 11) is 0. The van der Waals surface area contributed by atoms with Gasteiger partial charge in [-0.25, -0.2) is 9.78 Å². The summed E-state index contributed by atoms with van der Waals surface area (Å²) in [6.07, 6.45) is 3.66. The molecule has 2 aromatic heterocycles. The largest absolute Gasteiger partial charge is 0.478 e. The van der Waals surface area contributed by atoms with Gasteiger partial charge in [-0.05, 0) is 12.1 Å². The first kappa shape index (κ1) is 9.67. The molecule has 5 heteroatoms. The van der Waals surface area contributed by atoms with E-state index in [-0.39, 0.29) is 12.2 Å². The van der Waals surface area contributed by atoms with Gasteiger partial charge in [0.1, 0.15) is 5.82 Å². The monoisotopic (exact) mass is 206 g/mol. The number of fused-ring (bicyclic) bond motifs is 1. The molecule has 0 aliphatic heterocycles. The number of hydrogen-bond acceptors (Lipinski definition) is 3. The van der Waals surface area contributed by atoms with E-state index in [1.165, 1.54) is 12.3 Å². The molecule has 0 aliphatic carbocycles. The first-order valence-electron chi connectivity index (χ1n) is 4.53. The summed E-state index contributed by atoms with van der Waals surface area (Å²) in [6.45, 7) is -0.00356. The normalized spacial score (nSPS) is 10.7. The van der Waals surface area contributed by atoms with Crippen LogP contribution < -0.4 is 0 Å². The van der Waals surface area contributed by atoms with Gasteiger partial charge in [0.15, 0.2) is 0 Å². The summed E-state index contributed by atoms with van der Waals surface area (Å²) in [6, 6.07) is 3.18. The number of nitrogens with zero attached hydrogens (tertiary/aromatic N) is 2. The minimum atomic E-state index is -0.976. The van der Waals surface area contributed by atoms with E-state index in [9.17, 15) is 4.79 Å². The number of carboxylic acids is 1. The number of hydrogen-bond donors (Lipinski definition) is 2. The number of aromatic nitrogens is 2. The summed E-state index contributed by atoms with van der Waals surface area (Å²) in [5, 5.41) is 17.7. The fourth-order valence-electron chi connectivity index (χ4n) is 1.54. The van der Waals surface area contributed by atoms with Crippen LogP contribution in [0.15, 0.2) is 24.5 Å². The van der Waals surface area contributed by atoms with Crippen molar-refractivity contribution in [3.8, 4) is 0 Å². The molecule has 15 heavy (non-hydrogen) atoms. The Hall–Kier alpha value is -1.88. The van der Waals surface area contributed by atoms with Crippen molar-refractivity contribution >= 4 is 11.5 Å². The second kappa shape index (κ2) is 3.70. The van der Waals surface area contributed by atoms with Crippen LogP contribution in [0.1, 0.15) is 16.2 Å². The number of pyridine rings is 1. The number of carbonyl (C=O) groups is 1. The first-order valence-corrected chi connectivity index (χ1v) is 4.53. The van der Waals surface area contributed by atoms with Crippen LogP contribution in [0, 0.1) is 0 Å². The third-order valence-corrected chi connectivity index (χ3v) is 2.21. The molecule has 0 unspecified atom stereocenters. The van der Waals surface area contributed by atoms with E-state index in [1.54, 1.807) is 16.7 Å². The third kappa shape index (κ3) is 1.57. The topological polar surface area (TPSA) is 74.8 Å². The Balaban J connectivity index is 2.63. The van der Waals surface area contributed by atoms with Gasteiger partial charge in [-0.2, -0.15) is 0 Å². The number of rotatable bonds is 3. The van der Waals surface area contributed by atoms with E-state index in [2.05, 4.69) is 4.98 Å². The van der Waals surface area contributed by atoms with Crippen molar-refractivity contribution in [2.75, 3.05) is 6.61 Å². The van der Waals surface area contributed by atoms with Gasteiger partial charge < -0.3 is 14.6 Å². The summed E-state index contributed by atoms with van der Waals surface area (Å²) in [5.74, 6) is -0.313. The lowest BCUT2D eigenvalue weighted by atomic mass is 10.2. The second-order valence-corrected chi connectivity index (χ2v) is 3.13. The molecule has 2 aromatic rings. The number of imidazole rings is 1. The molecule has 2 rings (SSSR count). The lowest BCUT2D eigenvalue weighted by molar-refractivity contribution is 0.0698. The summed E-state index contributed by atoms with van der Waals surface area (Å²) in [4.78, 5) is 15.0. The number of aliphatic hydroxyl groups excluding tert-OH is 1. The standard InChI is InChI=1S/C10H10N2O3/c13-5-3-9-11-6-8-7(10(14)15)2-1-4-12(8)9/h1-2,4,6,13H,3,5H2,(H,14,15). The van der Waals surface area contributed by atoms with Crippen LogP contribution in [-0.4, -0.2) is 32.2 Å². The molecule has 0 saturated carbocycles. The molecule has 0 amide bonds. The highest BCUT2D eigenvalue weighted by molar-refractivity contribution is 5.95. The Morgan fingerprint density at radius 3 is 3.00 bits per heavy atom. The molecule has 0 bridgehead atoms. The van der Waals surface area contributed by atoms with Crippen LogP contribution in [0.3, 0.4) is 0 Å². The maximum Gasteiger partial charge on any atom is 0.337 e. The Kier molecular flexibility index (Phi) is 2.39. The predicted molar refractivity (Wildman–Crippen MR) is 52.9 cm³/mol. The van der Waals surface area contributed by atoms with E-state index in [0.717, 1.165) is 0 Å². The maximum atomic E-state index is 10.9. The van der Waals surface area contributed by atoms with E-state index in [4.69, 9.17) is 10.2 Å². The average molecular weight is 206 g/mol. The average Bonchev–Trinajstić information content (AvgIpc) is 2.62. The van der Waals surface area contributed by atoms with Crippen LogP contribution in [-0.2, 0) is 6.42 Å². The van der Waals surface area contributed by atoms with Gasteiger partial charge in [0.2, 0.25) is 0 Å². The van der Waals surface area contributed by atoms with E-state index in [1.807, 2.05) is 0 Å². The number of aliphatic hydroxyl groups is 1. The SMILES string of the molecule is O=C(O)c1cccn2c(CCO)ncc12. The highest BCUT2D eigenvalue weighted by atomic mass is 16.4. The van der Waals surface area contributed by atoms with Crippen molar-refractivity contribution < 1.29 is 15.0 Å². The first-order chi connectivity index (χ1) is 7.24. The Labute approximate surface area is 85.6 Å². The minimum Gasteiger partial charge on any atom is -0.478 e. The lowest BCUT2D eigenvalue weighted by Crippen LogP contribution is -2.02. The minimum absolute atomic E-state index is 0.00356. The van der Waals surface area contributed by atoms with Crippen LogP contribution in [0.4, 0.5) is 0 Å². The molecular weight excluding hydrogens is 196 g/mol. The van der Waals surface area contributed by atoms with Gasteiger partial charge in [0, 0.05) is 12.6 Å². The third-order valence-electron chi connectivity index (χ3n) is 2.21. The zero-order chi connectivity index (χ0) is 10.8. The predicted octanol–water partition coefficient (Wildman–Crippen LogP) is 0.567. The van der Waals surface area contributed by atoms with Crippen molar-refractivity contribution in [3.63, 3.8) is 0 Å². The molecule has 0 radical (unpaired) electrons. The van der Waals surface area contributed by atoms with Gasteiger partial charge in [-0.3, -0.25) is 0 Å². The molecule has 0 aromatic carbocycles. The fourth-order valence-corrected chi connectivity index (χ4v) is 1.54. The summed E-state index contributed by atoms with van der Waals surface area (Å²) < 4.78 is 1.68. The van der Waals surface area contributed by atoms with Crippen molar-refractivity contribution in [3.05, 3.63) is 35.9 Å². The van der Waals surface area contributed by atoms with Crippen molar-refractivity contribution in [1.29, 1.82) is 0 Å². The van der Waals surface area contributed by atoms with Crippen molar-refractivity contribution in [2.45, 2.75) is 6.42 Å². The van der Waals surface area contributed by atoms with Gasteiger partial charge in [0.05, 0.1) is 23.9 Å². The Morgan fingerprint density at radius 1 is 1.53 bits per heavy atom. The molecule has 0 fully saturated rings. The van der Waals surface area contributed by atoms with Crippen molar-refractivity contribution in [1.82, 2.24) is 9.38 Å². The zero-order valence-corrected chi connectivity index (χ0v) is 7.92. The van der Waals surface area contributed by atoms with Crippen LogP contribution in [0.2, 0.25) is 0 Å². The summed E-state index contributed by atoms with van der Waals surface area (Å²) in [5.41, 5.74) is 0.766. The van der Waals surface area contributed by atoms with E-state index < -0.39 is 5.97 Å². The van der Waals surface area contributed by atoms with Gasteiger partial charge in [-0.15, -0.1) is 0 Å². The molecule has 5 nitrogen and oxygen atoms in total. The van der Waals surface area contributed by atoms with E-state index >= 15 is 0 Å². The molecule has 0 aliphatic rings. The van der Waals surface area contributed by atoms with Gasteiger partial charge in [-0.1, -0.05) is 0 Å². The molecular formula is C10H10N2O3. The van der Waals surface area contributed by atoms with Crippen LogP contribution in [0.5, 0.6) is 0 Å². The number of carboxylic acid groups (broad SMARTS) is 1. The highest BCUT2D eigenvalue weighted by Crippen LogP contribution is 2.13. The Morgan fingerprint density at radius 2 is 2.33 bits per heavy atom.